The molecule has 1 atom stereocenters. The van der Waals surface area contributed by atoms with Crippen LogP contribution in [0.25, 0.3) is 5.69 Å². The monoisotopic (exact) mass is 349 g/mol. The van der Waals surface area contributed by atoms with Crippen molar-refractivity contribution in [1.82, 2.24) is 19.1 Å². The number of rotatable bonds is 3. The van der Waals surface area contributed by atoms with E-state index in [2.05, 4.69) is 19.9 Å². The van der Waals surface area contributed by atoms with Crippen molar-refractivity contribution in [3.05, 3.63) is 59.7 Å². The molecule has 1 unspecified atom stereocenters. The van der Waals surface area contributed by atoms with E-state index in [-0.39, 0.29) is 11.9 Å². The number of carbonyl (C=O) groups is 1. The number of fused-ring (bicyclic) bond motifs is 1. The molecule has 0 radical (unpaired) electrons. The Morgan fingerprint density at radius 2 is 1.92 bits per heavy atom. The van der Waals surface area contributed by atoms with E-state index in [0.717, 1.165) is 53.5 Å². The van der Waals surface area contributed by atoms with E-state index in [1.807, 2.05) is 62.1 Å². The summed E-state index contributed by atoms with van der Waals surface area (Å²) in [5, 5.41) is 3.06. The van der Waals surface area contributed by atoms with E-state index in [1.165, 1.54) is 0 Å². The number of aryl methyl sites for hydroxylation is 3. The molecule has 0 saturated carbocycles. The Kier molecular flexibility index (Phi) is 4.11. The van der Waals surface area contributed by atoms with Gasteiger partial charge in [-0.3, -0.25) is 4.79 Å². The van der Waals surface area contributed by atoms with E-state index in [0.29, 0.717) is 0 Å². The number of carbonyl (C=O) groups excluding carboxylic acids is 1. The highest BCUT2D eigenvalue weighted by atomic mass is 16.2. The van der Waals surface area contributed by atoms with Gasteiger partial charge in [0.2, 0.25) is 5.91 Å². The number of anilines is 1. The molecule has 4 rings (SSSR count). The number of aromatic nitrogens is 4. The van der Waals surface area contributed by atoms with Crippen LogP contribution >= 0.6 is 0 Å². The second-order valence-electron chi connectivity index (χ2n) is 6.92. The molecule has 6 nitrogen and oxygen atoms in total. The van der Waals surface area contributed by atoms with Crippen molar-refractivity contribution in [2.45, 2.75) is 46.1 Å². The van der Waals surface area contributed by atoms with Crippen molar-refractivity contribution in [1.29, 1.82) is 0 Å². The highest BCUT2D eigenvalue weighted by Crippen LogP contribution is 2.27. The molecule has 1 aliphatic rings. The number of imidazole rings is 2. The molecule has 0 spiro atoms. The number of benzene rings is 1. The van der Waals surface area contributed by atoms with E-state index in [1.54, 1.807) is 0 Å². The number of amides is 1. The average molecular weight is 349 g/mol. The number of hydrogen-bond acceptors (Lipinski definition) is 3. The Morgan fingerprint density at radius 3 is 2.62 bits per heavy atom. The maximum absolute atomic E-state index is 12.8. The van der Waals surface area contributed by atoms with Gasteiger partial charge in [-0.1, -0.05) is 0 Å². The first-order valence-corrected chi connectivity index (χ1v) is 8.99. The van der Waals surface area contributed by atoms with Gasteiger partial charge < -0.3 is 14.5 Å². The van der Waals surface area contributed by atoms with Crippen LogP contribution < -0.4 is 5.32 Å². The Bertz CT molecular complexity index is 951. The average Bonchev–Trinajstić information content (AvgIpc) is 3.19. The van der Waals surface area contributed by atoms with Gasteiger partial charge in [0.25, 0.3) is 0 Å². The van der Waals surface area contributed by atoms with Crippen molar-refractivity contribution < 1.29 is 4.79 Å². The molecule has 0 bridgehead atoms. The summed E-state index contributed by atoms with van der Waals surface area (Å²) >= 11 is 0. The third kappa shape index (κ3) is 2.81. The molecular weight excluding hydrogens is 326 g/mol. The molecule has 134 valence electrons. The minimum Gasteiger partial charge on any atom is -0.324 e. The smallest absolute Gasteiger partial charge is 0.247 e. The molecule has 1 aromatic carbocycles. The van der Waals surface area contributed by atoms with Gasteiger partial charge in [-0.2, -0.15) is 0 Å². The molecule has 3 heterocycles. The van der Waals surface area contributed by atoms with Gasteiger partial charge in [0, 0.05) is 35.4 Å². The lowest BCUT2D eigenvalue weighted by Gasteiger charge is -2.25. The van der Waals surface area contributed by atoms with Crippen molar-refractivity contribution in [3.63, 3.8) is 0 Å². The summed E-state index contributed by atoms with van der Waals surface area (Å²) in [6, 6.07) is 7.69. The molecule has 0 saturated heterocycles. The zero-order valence-electron chi connectivity index (χ0n) is 15.4. The van der Waals surface area contributed by atoms with E-state index < -0.39 is 0 Å². The van der Waals surface area contributed by atoms with Gasteiger partial charge in [0.05, 0.1) is 12.0 Å². The SMILES string of the molecule is Cc1ncn(-c2ccc(NC(=O)C3CCCc4ncc(C)n43)cc2)c1C. The lowest BCUT2D eigenvalue weighted by Crippen LogP contribution is -2.30. The Balaban J connectivity index is 1.52. The summed E-state index contributed by atoms with van der Waals surface area (Å²) in [4.78, 5) is 21.6. The van der Waals surface area contributed by atoms with Gasteiger partial charge in [0.1, 0.15) is 11.9 Å². The number of nitrogens with zero attached hydrogens (tertiary/aromatic N) is 4. The van der Waals surface area contributed by atoms with Crippen LogP contribution in [0, 0.1) is 20.8 Å². The third-order valence-corrected chi connectivity index (χ3v) is 5.22. The fraction of sp³-hybridized carbons (Fsp3) is 0.350. The van der Waals surface area contributed by atoms with Gasteiger partial charge in [-0.25, -0.2) is 9.97 Å². The molecule has 0 aliphatic carbocycles. The standard InChI is InChI=1S/C20H23N5O/c1-13-11-21-19-6-4-5-18(25(13)19)20(26)23-16-7-9-17(10-8-16)24-12-22-14(2)15(24)3/h7-12,18H,4-6H2,1-3H3,(H,23,26). The lowest BCUT2D eigenvalue weighted by atomic mass is 10.0. The maximum atomic E-state index is 12.8. The minimum absolute atomic E-state index is 0.0226. The van der Waals surface area contributed by atoms with Gasteiger partial charge in [-0.05, 0) is 57.9 Å². The van der Waals surface area contributed by atoms with E-state index in [9.17, 15) is 4.79 Å². The second-order valence-corrected chi connectivity index (χ2v) is 6.92. The quantitative estimate of drug-likeness (QED) is 0.787. The van der Waals surface area contributed by atoms with Crippen LogP contribution in [0.1, 0.15) is 41.8 Å². The highest BCUT2D eigenvalue weighted by molar-refractivity contribution is 5.94. The number of nitrogens with one attached hydrogen (secondary N) is 1. The molecule has 26 heavy (non-hydrogen) atoms. The Hall–Kier alpha value is -2.89. The van der Waals surface area contributed by atoms with Crippen LogP contribution in [0.15, 0.2) is 36.8 Å². The minimum atomic E-state index is -0.181. The lowest BCUT2D eigenvalue weighted by molar-refractivity contribution is -0.119. The van der Waals surface area contributed by atoms with Gasteiger partial charge in [-0.15, -0.1) is 0 Å². The molecule has 1 aliphatic heterocycles. The summed E-state index contributed by atoms with van der Waals surface area (Å²) in [6.07, 6.45) is 6.46. The zero-order chi connectivity index (χ0) is 18.3. The third-order valence-electron chi connectivity index (χ3n) is 5.22. The van der Waals surface area contributed by atoms with Gasteiger partial charge >= 0.3 is 0 Å². The summed E-state index contributed by atoms with van der Waals surface area (Å²) in [6.45, 7) is 6.05. The van der Waals surface area contributed by atoms with Crippen molar-refractivity contribution in [2.24, 2.45) is 0 Å². The van der Waals surface area contributed by atoms with Crippen LogP contribution in [-0.4, -0.2) is 25.0 Å². The molecule has 3 aromatic rings. The highest BCUT2D eigenvalue weighted by Gasteiger charge is 2.27. The van der Waals surface area contributed by atoms with E-state index >= 15 is 0 Å². The first kappa shape index (κ1) is 16.6. The molecule has 1 N–H and O–H groups in total. The summed E-state index contributed by atoms with van der Waals surface area (Å²) in [5.41, 5.74) is 5.02. The fourth-order valence-electron chi connectivity index (χ4n) is 3.63. The molecule has 1 amide bonds. The van der Waals surface area contributed by atoms with Crippen molar-refractivity contribution >= 4 is 11.6 Å². The molecule has 6 heteroatoms. The molecule has 2 aromatic heterocycles. The first-order chi connectivity index (χ1) is 12.5. The zero-order valence-corrected chi connectivity index (χ0v) is 15.4. The topological polar surface area (TPSA) is 64.7 Å². The van der Waals surface area contributed by atoms with Crippen LogP contribution in [0.5, 0.6) is 0 Å². The van der Waals surface area contributed by atoms with Gasteiger partial charge in [0.15, 0.2) is 0 Å². The Labute approximate surface area is 152 Å². The summed E-state index contributed by atoms with van der Waals surface area (Å²) in [5.74, 6) is 1.03. The second kappa shape index (κ2) is 6.44. The first-order valence-electron chi connectivity index (χ1n) is 8.99. The predicted octanol–water partition coefficient (Wildman–Crippen LogP) is 3.51. The van der Waals surface area contributed by atoms with Crippen LogP contribution in [0.4, 0.5) is 5.69 Å². The van der Waals surface area contributed by atoms with Crippen LogP contribution in [-0.2, 0) is 11.2 Å². The van der Waals surface area contributed by atoms with Crippen LogP contribution in [0.3, 0.4) is 0 Å². The van der Waals surface area contributed by atoms with Crippen LogP contribution in [0.2, 0.25) is 0 Å². The Morgan fingerprint density at radius 1 is 1.15 bits per heavy atom. The fourth-order valence-corrected chi connectivity index (χ4v) is 3.63. The maximum Gasteiger partial charge on any atom is 0.247 e. The largest absolute Gasteiger partial charge is 0.324 e. The van der Waals surface area contributed by atoms with E-state index in [4.69, 9.17) is 0 Å². The van der Waals surface area contributed by atoms with Crippen molar-refractivity contribution in [3.8, 4) is 5.69 Å². The summed E-state index contributed by atoms with van der Waals surface area (Å²) < 4.78 is 4.12. The normalized spacial score (nSPS) is 16.3. The number of hydrogen-bond donors (Lipinski definition) is 1. The summed E-state index contributed by atoms with van der Waals surface area (Å²) in [7, 11) is 0. The van der Waals surface area contributed by atoms with Crippen molar-refractivity contribution in [2.75, 3.05) is 5.32 Å². The predicted molar refractivity (Wildman–Crippen MR) is 101 cm³/mol. The molecular formula is C20H23N5O. The molecule has 0 fully saturated rings.